The van der Waals surface area contributed by atoms with Gasteiger partial charge < -0.3 is 5.84 Å². The molecular weight excluding hydrogens is 290 g/mol. The van der Waals surface area contributed by atoms with Gasteiger partial charge in [-0.05, 0) is 26.2 Å². The molecule has 0 heterocycles. The maximum absolute atomic E-state index is 5.49. The van der Waals surface area contributed by atoms with Gasteiger partial charge in [0.1, 0.15) is 0 Å². The van der Waals surface area contributed by atoms with Crippen molar-refractivity contribution in [3.63, 3.8) is 0 Å². The standard InChI is InChI=1S/C16H37N7/c1-3-15(2)22(12-10-20-21-18)13-14-23(11-9-19-17)16-7-5-4-6-8-16/h15-16,19H,3-14,17H2,1-2H3,(H2,18,20). The zero-order valence-corrected chi connectivity index (χ0v) is 15.1. The summed E-state index contributed by atoms with van der Waals surface area (Å²) in [5, 5.41) is 7.28. The summed E-state index contributed by atoms with van der Waals surface area (Å²) >= 11 is 0. The number of hydrazine groups is 1. The Balaban J connectivity index is 2.52. The van der Waals surface area contributed by atoms with E-state index in [9.17, 15) is 0 Å². The lowest BCUT2D eigenvalue weighted by Crippen LogP contribution is -2.47. The first kappa shape index (κ1) is 20.3. The second-order valence-corrected chi connectivity index (χ2v) is 6.56. The molecule has 0 aromatic rings. The molecule has 0 aromatic carbocycles. The summed E-state index contributed by atoms with van der Waals surface area (Å²) < 4.78 is 0. The minimum absolute atomic E-state index is 0.559. The van der Waals surface area contributed by atoms with E-state index in [1.807, 2.05) is 0 Å². The number of nitrogens with one attached hydrogen (secondary N) is 1. The molecule has 0 spiro atoms. The van der Waals surface area contributed by atoms with E-state index in [2.05, 4.69) is 39.4 Å². The summed E-state index contributed by atoms with van der Waals surface area (Å²) in [6.45, 7) is 10.1. The van der Waals surface area contributed by atoms with Crippen molar-refractivity contribution < 1.29 is 0 Å². The van der Waals surface area contributed by atoms with Crippen molar-refractivity contribution in [1.29, 1.82) is 0 Å². The molecule has 7 nitrogen and oxygen atoms in total. The van der Waals surface area contributed by atoms with Crippen molar-refractivity contribution in [1.82, 2.24) is 15.2 Å². The van der Waals surface area contributed by atoms with Gasteiger partial charge in [-0.2, -0.15) is 5.11 Å². The van der Waals surface area contributed by atoms with E-state index in [1.54, 1.807) is 0 Å². The Hall–Kier alpha value is -0.760. The van der Waals surface area contributed by atoms with Gasteiger partial charge >= 0.3 is 0 Å². The highest BCUT2D eigenvalue weighted by atomic mass is 15.3. The number of nitrogens with zero attached hydrogens (tertiary/aromatic N) is 4. The van der Waals surface area contributed by atoms with Crippen LogP contribution < -0.4 is 17.1 Å². The SMILES string of the molecule is CCC(C)N(CCN=NN)CCN(CCNN)C1CCCCC1. The van der Waals surface area contributed by atoms with Crippen LogP contribution in [0.3, 0.4) is 0 Å². The zero-order chi connectivity index (χ0) is 16.9. The van der Waals surface area contributed by atoms with Crippen LogP contribution in [0, 0.1) is 0 Å². The van der Waals surface area contributed by atoms with Crippen LogP contribution in [0.5, 0.6) is 0 Å². The van der Waals surface area contributed by atoms with Crippen LogP contribution in [0.15, 0.2) is 10.3 Å². The largest absolute Gasteiger partial charge is 0.305 e. The van der Waals surface area contributed by atoms with Crippen LogP contribution in [-0.4, -0.2) is 61.2 Å². The predicted octanol–water partition coefficient (Wildman–Crippen LogP) is 1.51. The fraction of sp³-hybridized carbons (Fsp3) is 1.00. The summed E-state index contributed by atoms with van der Waals surface area (Å²) in [5.74, 6) is 10.6. The quantitative estimate of drug-likeness (QED) is 0.287. The van der Waals surface area contributed by atoms with Gasteiger partial charge in [0, 0.05) is 44.8 Å². The Morgan fingerprint density at radius 3 is 2.48 bits per heavy atom. The second kappa shape index (κ2) is 12.6. The summed E-state index contributed by atoms with van der Waals surface area (Å²) in [7, 11) is 0. The lowest BCUT2D eigenvalue weighted by atomic mass is 9.94. The summed E-state index contributed by atoms with van der Waals surface area (Å²) in [6, 6.07) is 1.28. The molecule has 136 valence electrons. The van der Waals surface area contributed by atoms with E-state index < -0.39 is 0 Å². The molecule has 7 heteroatoms. The molecule has 0 radical (unpaired) electrons. The molecule has 23 heavy (non-hydrogen) atoms. The molecule has 1 aliphatic carbocycles. The Bertz CT molecular complexity index is 305. The molecule has 0 aromatic heterocycles. The first-order valence-electron chi connectivity index (χ1n) is 9.21. The Morgan fingerprint density at radius 1 is 1.13 bits per heavy atom. The monoisotopic (exact) mass is 327 g/mol. The third-order valence-electron chi connectivity index (χ3n) is 5.09. The highest BCUT2D eigenvalue weighted by Gasteiger charge is 2.22. The minimum Gasteiger partial charge on any atom is -0.305 e. The molecule has 0 bridgehead atoms. The molecule has 0 amide bonds. The van der Waals surface area contributed by atoms with Crippen LogP contribution >= 0.6 is 0 Å². The van der Waals surface area contributed by atoms with Gasteiger partial charge in [0.2, 0.25) is 0 Å². The van der Waals surface area contributed by atoms with E-state index in [0.29, 0.717) is 12.6 Å². The van der Waals surface area contributed by atoms with Gasteiger partial charge in [-0.25, -0.2) is 0 Å². The first-order valence-corrected chi connectivity index (χ1v) is 9.21. The summed E-state index contributed by atoms with van der Waals surface area (Å²) in [4.78, 5) is 5.12. The van der Waals surface area contributed by atoms with E-state index in [0.717, 1.165) is 45.2 Å². The van der Waals surface area contributed by atoms with E-state index in [4.69, 9.17) is 11.7 Å². The molecule has 1 aliphatic rings. The van der Waals surface area contributed by atoms with Crippen molar-refractivity contribution in [3.05, 3.63) is 0 Å². The van der Waals surface area contributed by atoms with Gasteiger partial charge in [0.05, 0.1) is 6.54 Å². The van der Waals surface area contributed by atoms with Crippen LogP contribution in [-0.2, 0) is 0 Å². The predicted molar refractivity (Wildman–Crippen MR) is 95.9 cm³/mol. The molecule has 1 unspecified atom stereocenters. The van der Waals surface area contributed by atoms with E-state index >= 15 is 0 Å². The van der Waals surface area contributed by atoms with Crippen LogP contribution in [0.4, 0.5) is 0 Å². The number of hydrogen-bond donors (Lipinski definition) is 3. The van der Waals surface area contributed by atoms with Crippen molar-refractivity contribution in [3.8, 4) is 0 Å². The van der Waals surface area contributed by atoms with Crippen LogP contribution in [0.2, 0.25) is 0 Å². The van der Waals surface area contributed by atoms with E-state index in [1.165, 1.54) is 32.1 Å². The maximum Gasteiger partial charge on any atom is 0.0747 e. The first-order chi connectivity index (χ1) is 11.2. The average Bonchev–Trinajstić information content (AvgIpc) is 2.60. The average molecular weight is 328 g/mol. The molecular formula is C16H37N7. The Kier molecular flexibility index (Phi) is 11.1. The van der Waals surface area contributed by atoms with Gasteiger partial charge in [-0.3, -0.25) is 21.1 Å². The van der Waals surface area contributed by atoms with Crippen molar-refractivity contribution in [2.24, 2.45) is 22.0 Å². The third-order valence-corrected chi connectivity index (χ3v) is 5.09. The van der Waals surface area contributed by atoms with Gasteiger partial charge in [0.25, 0.3) is 0 Å². The maximum atomic E-state index is 5.49. The van der Waals surface area contributed by atoms with Crippen molar-refractivity contribution in [2.75, 3.05) is 39.3 Å². The normalized spacial score (nSPS) is 18.3. The van der Waals surface area contributed by atoms with Crippen LogP contribution in [0.1, 0.15) is 52.4 Å². The highest BCUT2D eigenvalue weighted by molar-refractivity contribution is 4.78. The third kappa shape index (κ3) is 8.06. The minimum atomic E-state index is 0.559. The number of nitrogens with two attached hydrogens (primary N) is 2. The summed E-state index contributed by atoms with van der Waals surface area (Å²) in [5.41, 5.74) is 2.80. The molecule has 0 aliphatic heterocycles. The molecule has 1 fully saturated rings. The number of rotatable bonds is 12. The zero-order valence-electron chi connectivity index (χ0n) is 15.1. The lowest BCUT2D eigenvalue weighted by molar-refractivity contribution is 0.119. The molecule has 1 saturated carbocycles. The Morgan fingerprint density at radius 2 is 1.87 bits per heavy atom. The molecule has 0 saturated heterocycles. The second-order valence-electron chi connectivity index (χ2n) is 6.56. The molecule has 1 rings (SSSR count). The van der Waals surface area contributed by atoms with Gasteiger partial charge in [-0.15, -0.1) is 0 Å². The Labute approximate surface area is 141 Å². The van der Waals surface area contributed by atoms with Crippen molar-refractivity contribution >= 4 is 0 Å². The molecule has 1 atom stereocenters. The smallest absolute Gasteiger partial charge is 0.0747 e. The van der Waals surface area contributed by atoms with Gasteiger partial charge in [-0.1, -0.05) is 31.4 Å². The molecule has 5 N–H and O–H groups in total. The van der Waals surface area contributed by atoms with Crippen LogP contribution in [0.25, 0.3) is 0 Å². The summed E-state index contributed by atoms with van der Waals surface area (Å²) in [6.07, 6.45) is 7.92. The van der Waals surface area contributed by atoms with Gasteiger partial charge in [0.15, 0.2) is 0 Å². The fourth-order valence-electron chi connectivity index (χ4n) is 3.43. The topological polar surface area (TPSA) is 95.3 Å². The van der Waals surface area contributed by atoms with Crippen molar-refractivity contribution in [2.45, 2.75) is 64.5 Å². The fourth-order valence-corrected chi connectivity index (χ4v) is 3.43. The lowest BCUT2D eigenvalue weighted by Gasteiger charge is -2.37. The highest BCUT2D eigenvalue weighted by Crippen LogP contribution is 2.22. The number of hydrogen-bond acceptors (Lipinski definition) is 6. The van der Waals surface area contributed by atoms with E-state index in [-0.39, 0.29) is 0 Å².